The van der Waals surface area contributed by atoms with Crippen LogP contribution in [-0.4, -0.2) is 35.7 Å². The molecule has 0 aliphatic carbocycles. The summed E-state index contributed by atoms with van der Waals surface area (Å²) >= 11 is 5.79. The topological polar surface area (TPSA) is 63.7 Å². The Morgan fingerprint density at radius 3 is 2.48 bits per heavy atom. The van der Waals surface area contributed by atoms with Crippen LogP contribution in [0.5, 0.6) is 0 Å². The lowest BCUT2D eigenvalue weighted by molar-refractivity contribution is -0.147. The van der Waals surface area contributed by atoms with Crippen LogP contribution >= 0.6 is 11.6 Å². The van der Waals surface area contributed by atoms with Crippen LogP contribution in [0.2, 0.25) is 5.02 Å². The van der Waals surface area contributed by atoms with Gasteiger partial charge in [-0.3, -0.25) is 14.4 Å². The van der Waals surface area contributed by atoms with Gasteiger partial charge in [0.2, 0.25) is 5.91 Å². The van der Waals surface area contributed by atoms with E-state index in [-0.39, 0.29) is 30.8 Å². The quantitative estimate of drug-likeness (QED) is 0.562. The molecule has 0 aromatic heterocycles. The molecule has 0 radical (unpaired) electrons. The van der Waals surface area contributed by atoms with Crippen molar-refractivity contribution in [2.75, 3.05) is 13.2 Å². The van der Waals surface area contributed by atoms with Gasteiger partial charge in [0.15, 0.2) is 12.4 Å². The normalized spacial score (nSPS) is 17.6. The van der Waals surface area contributed by atoms with Gasteiger partial charge in [-0.1, -0.05) is 41.9 Å². The van der Waals surface area contributed by atoms with Crippen LogP contribution in [0.1, 0.15) is 35.3 Å². The average Bonchev–Trinajstić information content (AvgIpc) is 3.08. The van der Waals surface area contributed by atoms with Gasteiger partial charge in [0, 0.05) is 23.6 Å². The summed E-state index contributed by atoms with van der Waals surface area (Å²) in [6.45, 7) is 1.88. The zero-order valence-corrected chi connectivity index (χ0v) is 15.7. The maximum absolute atomic E-state index is 12.3. The van der Waals surface area contributed by atoms with Crippen LogP contribution in [0.4, 0.5) is 0 Å². The van der Waals surface area contributed by atoms with Gasteiger partial charge in [0.05, 0.1) is 12.0 Å². The highest BCUT2D eigenvalue weighted by Gasteiger charge is 2.38. The molecule has 5 nitrogen and oxygen atoms in total. The zero-order chi connectivity index (χ0) is 19.4. The molecule has 0 spiro atoms. The van der Waals surface area contributed by atoms with E-state index in [1.54, 1.807) is 29.2 Å². The lowest BCUT2D eigenvalue weighted by atomic mass is 10.1. The van der Waals surface area contributed by atoms with Gasteiger partial charge in [-0.15, -0.1) is 0 Å². The summed E-state index contributed by atoms with van der Waals surface area (Å²) in [6, 6.07) is 15.9. The van der Waals surface area contributed by atoms with Gasteiger partial charge in [-0.25, -0.2) is 0 Å². The highest BCUT2D eigenvalue weighted by molar-refractivity contribution is 6.30. The van der Waals surface area contributed by atoms with E-state index >= 15 is 0 Å². The van der Waals surface area contributed by atoms with Gasteiger partial charge in [-0.05, 0) is 36.8 Å². The molecule has 2 aromatic rings. The second kappa shape index (κ2) is 8.35. The van der Waals surface area contributed by atoms with Gasteiger partial charge in [0.25, 0.3) is 0 Å². The summed E-state index contributed by atoms with van der Waals surface area (Å²) in [5.41, 5.74) is 1.44. The minimum Gasteiger partial charge on any atom is -0.457 e. The molecule has 1 aliphatic heterocycles. The maximum Gasteiger partial charge on any atom is 0.311 e. The Kier molecular flexibility index (Phi) is 5.91. The van der Waals surface area contributed by atoms with E-state index in [9.17, 15) is 14.4 Å². The number of hydrogen-bond donors (Lipinski definition) is 0. The molecule has 1 saturated heterocycles. The van der Waals surface area contributed by atoms with Crippen molar-refractivity contribution in [3.05, 3.63) is 70.7 Å². The Morgan fingerprint density at radius 2 is 1.81 bits per heavy atom. The fourth-order valence-electron chi connectivity index (χ4n) is 3.15. The number of halogens is 1. The zero-order valence-electron chi connectivity index (χ0n) is 14.9. The van der Waals surface area contributed by atoms with E-state index < -0.39 is 11.9 Å². The summed E-state index contributed by atoms with van der Waals surface area (Å²) in [5, 5.41) is 0.528. The fraction of sp³-hybridized carbons (Fsp3) is 0.286. The third kappa shape index (κ3) is 4.55. The molecule has 140 valence electrons. The van der Waals surface area contributed by atoms with Crippen molar-refractivity contribution in [2.24, 2.45) is 5.92 Å². The van der Waals surface area contributed by atoms with E-state index in [0.717, 1.165) is 5.56 Å². The van der Waals surface area contributed by atoms with Crippen LogP contribution < -0.4 is 0 Å². The minimum absolute atomic E-state index is 0.0858. The molecule has 0 saturated carbocycles. The number of ketones is 1. The molecule has 1 heterocycles. The number of likely N-dealkylation sites (tertiary alicyclic amines) is 1. The van der Waals surface area contributed by atoms with Crippen molar-refractivity contribution in [1.29, 1.82) is 0 Å². The van der Waals surface area contributed by atoms with Crippen LogP contribution in [0, 0.1) is 5.92 Å². The molecular weight excluding hydrogens is 366 g/mol. The number of benzene rings is 2. The summed E-state index contributed by atoms with van der Waals surface area (Å²) in [5.74, 6) is -1.47. The number of ether oxygens (including phenoxy) is 1. The summed E-state index contributed by atoms with van der Waals surface area (Å²) in [7, 11) is 0. The molecule has 0 bridgehead atoms. The van der Waals surface area contributed by atoms with Crippen molar-refractivity contribution < 1.29 is 19.1 Å². The maximum atomic E-state index is 12.3. The van der Waals surface area contributed by atoms with Gasteiger partial charge >= 0.3 is 5.97 Å². The minimum atomic E-state index is -0.554. The number of carbonyl (C=O) groups is 3. The lowest BCUT2D eigenvalue weighted by Crippen LogP contribution is -2.30. The second-order valence-electron chi connectivity index (χ2n) is 6.57. The Balaban J connectivity index is 1.56. The monoisotopic (exact) mass is 385 g/mol. The number of carbonyl (C=O) groups excluding carboxylic acids is 3. The number of hydrogen-bond acceptors (Lipinski definition) is 4. The lowest BCUT2D eigenvalue weighted by Gasteiger charge is -2.25. The Bertz CT molecular complexity index is 835. The first-order valence-electron chi connectivity index (χ1n) is 8.75. The summed E-state index contributed by atoms with van der Waals surface area (Å²) in [4.78, 5) is 38.4. The summed E-state index contributed by atoms with van der Waals surface area (Å²) < 4.78 is 5.15. The number of esters is 1. The van der Waals surface area contributed by atoms with E-state index in [2.05, 4.69) is 0 Å². The van der Waals surface area contributed by atoms with Crippen LogP contribution in [0.25, 0.3) is 0 Å². The molecule has 2 aromatic carbocycles. The SMILES string of the molecule is C[C@@H](c1ccccc1)N1C[C@H](C(=O)OCC(=O)c2ccc(Cl)cc2)CC1=O. The number of Topliss-reactive ketones (excluding diaryl/α,β-unsaturated/α-hetero) is 1. The van der Waals surface area contributed by atoms with Crippen molar-refractivity contribution >= 4 is 29.3 Å². The molecular formula is C21H20ClNO4. The second-order valence-corrected chi connectivity index (χ2v) is 7.01. The third-order valence-electron chi connectivity index (χ3n) is 4.75. The van der Waals surface area contributed by atoms with Crippen molar-refractivity contribution in [2.45, 2.75) is 19.4 Å². The van der Waals surface area contributed by atoms with Crippen LogP contribution in [-0.2, 0) is 14.3 Å². The highest BCUT2D eigenvalue weighted by Crippen LogP contribution is 2.29. The first-order valence-corrected chi connectivity index (χ1v) is 9.13. The van der Waals surface area contributed by atoms with E-state index in [1.165, 1.54) is 0 Å². The number of nitrogens with zero attached hydrogens (tertiary/aromatic N) is 1. The standard InChI is InChI=1S/C21H20ClNO4/c1-14(15-5-3-2-4-6-15)23-12-17(11-20(23)25)21(26)27-13-19(24)16-7-9-18(22)10-8-16/h2-10,14,17H,11-13H2,1H3/t14-,17+/m0/s1. The first-order chi connectivity index (χ1) is 13.0. The van der Waals surface area contributed by atoms with Gasteiger partial charge in [-0.2, -0.15) is 0 Å². The number of rotatable bonds is 6. The third-order valence-corrected chi connectivity index (χ3v) is 5.00. The largest absolute Gasteiger partial charge is 0.457 e. The Hall–Kier alpha value is -2.66. The Labute approximate surface area is 162 Å². The van der Waals surface area contributed by atoms with Gasteiger partial charge in [0.1, 0.15) is 0 Å². The first kappa shape index (κ1) is 19.1. The number of amides is 1. The predicted octanol–water partition coefficient (Wildman–Crippen LogP) is 3.68. The molecule has 3 rings (SSSR count). The molecule has 1 fully saturated rings. The van der Waals surface area contributed by atoms with Crippen LogP contribution in [0.15, 0.2) is 54.6 Å². The summed E-state index contributed by atoms with van der Waals surface area (Å²) in [6.07, 6.45) is 0.102. The van der Waals surface area contributed by atoms with Crippen molar-refractivity contribution in [3.63, 3.8) is 0 Å². The van der Waals surface area contributed by atoms with Gasteiger partial charge < -0.3 is 9.64 Å². The molecule has 27 heavy (non-hydrogen) atoms. The van der Waals surface area contributed by atoms with Crippen molar-refractivity contribution in [3.8, 4) is 0 Å². The smallest absolute Gasteiger partial charge is 0.311 e. The molecule has 0 N–H and O–H groups in total. The molecule has 6 heteroatoms. The molecule has 1 amide bonds. The Morgan fingerprint density at radius 1 is 1.15 bits per heavy atom. The molecule has 2 atom stereocenters. The van der Waals surface area contributed by atoms with Crippen molar-refractivity contribution in [1.82, 2.24) is 4.90 Å². The average molecular weight is 386 g/mol. The van der Waals surface area contributed by atoms with E-state index in [1.807, 2.05) is 37.3 Å². The van der Waals surface area contributed by atoms with E-state index in [4.69, 9.17) is 16.3 Å². The highest BCUT2D eigenvalue weighted by atomic mass is 35.5. The molecule has 1 aliphatic rings. The predicted molar refractivity (Wildman–Crippen MR) is 101 cm³/mol. The molecule has 0 unspecified atom stereocenters. The van der Waals surface area contributed by atoms with Crippen LogP contribution in [0.3, 0.4) is 0 Å². The fourth-order valence-corrected chi connectivity index (χ4v) is 3.27. The van der Waals surface area contributed by atoms with E-state index in [0.29, 0.717) is 17.1 Å².